The Kier molecular flexibility index (Phi) is 4.29. The third-order valence-corrected chi connectivity index (χ3v) is 4.59. The normalized spacial score (nSPS) is 21.8. The van der Waals surface area contributed by atoms with Gasteiger partial charge < -0.3 is 15.3 Å². The van der Waals surface area contributed by atoms with Gasteiger partial charge in [0.15, 0.2) is 0 Å². The number of urea groups is 1. The fourth-order valence-corrected chi connectivity index (χ4v) is 3.30. The van der Waals surface area contributed by atoms with E-state index in [4.69, 9.17) is 0 Å². The minimum Gasteiger partial charge on any atom is -0.394 e. The van der Waals surface area contributed by atoms with E-state index in [0.717, 1.165) is 29.3 Å². The first-order valence-corrected chi connectivity index (χ1v) is 7.87. The fraction of sp³-hybridized carbons (Fsp3) is 0.389. The van der Waals surface area contributed by atoms with E-state index in [-0.39, 0.29) is 18.7 Å². The molecule has 1 saturated heterocycles. The van der Waals surface area contributed by atoms with Gasteiger partial charge in [-0.3, -0.25) is 0 Å². The molecule has 2 atom stereocenters. The van der Waals surface area contributed by atoms with E-state index in [9.17, 15) is 9.90 Å². The monoisotopic (exact) mass is 298 g/mol. The highest BCUT2D eigenvalue weighted by Crippen LogP contribution is 2.26. The Balaban J connectivity index is 1.83. The summed E-state index contributed by atoms with van der Waals surface area (Å²) in [4.78, 5) is 14.4. The number of carbonyl (C=O) groups is 1. The molecule has 2 amide bonds. The summed E-state index contributed by atoms with van der Waals surface area (Å²) >= 11 is 0. The summed E-state index contributed by atoms with van der Waals surface area (Å²) in [6.45, 7) is 2.81. The van der Waals surface area contributed by atoms with Gasteiger partial charge in [-0.1, -0.05) is 43.3 Å². The van der Waals surface area contributed by atoms with Crippen molar-refractivity contribution in [3.8, 4) is 0 Å². The molecule has 2 aromatic rings. The molecule has 22 heavy (non-hydrogen) atoms. The zero-order valence-electron chi connectivity index (χ0n) is 12.8. The zero-order valence-corrected chi connectivity index (χ0v) is 12.8. The second-order valence-electron chi connectivity index (χ2n) is 6.02. The molecular weight excluding hydrogens is 276 g/mol. The number of likely N-dealkylation sites (tertiary alicyclic amines) is 1. The molecule has 3 rings (SSSR count). The van der Waals surface area contributed by atoms with E-state index < -0.39 is 0 Å². The number of nitrogens with one attached hydrogen (secondary N) is 1. The number of amides is 2. The summed E-state index contributed by atoms with van der Waals surface area (Å²) in [5.41, 5.74) is 0.818. The van der Waals surface area contributed by atoms with E-state index in [2.05, 4.69) is 12.2 Å². The van der Waals surface area contributed by atoms with Crippen molar-refractivity contribution in [2.45, 2.75) is 25.8 Å². The summed E-state index contributed by atoms with van der Waals surface area (Å²) in [6, 6.07) is 13.7. The van der Waals surface area contributed by atoms with Crippen molar-refractivity contribution >= 4 is 22.5 Å². The summed E-state index contributed by atoms with van der Waals surface area (Å²) in [7, 11) is 0. The summed E-state index contributed by atoms with van der Waals surface area (Å²) in [5, 5.41) is 14.7. The predicted octanol–water partition coefficient (Wildman–Crippen LogP) is 3.46. The molecule has 0 radical (unpaired) electrons. The van der Waals surface area contributed by atoms with Crippen molar-refractivity contribution in [1.82, 2.24) is 4.90 Å². The predicted molar refractivity (Wildman–Crippen MR) is 88.9 cm³/mol. The molecule has 4 heteroatoms. The molecule has 0 aliphatic carbocycles. The van der Waals surface area contributed by atoms with Gasteiger partial charge in [0.25, 0.3) is 0 Å². The molecule has 0 bridgehead atoms. The molecule has 0 aromatic heterocycles. The third-order valence-electron chi connectivity index (χ3n) is 4.59. The molecule has 1 aliphatic rings. The Morgan fingerprint density at radius 1 is 1.27 bits per heavy atom. The van der Waals surface area contributed by atoms with Gasteiger partial charge in [0.2, 0.25) is 0 Å². The highest BCUT2D eigenvalue weighted by atomic mass is 16.3. The highest BCUT2D eigenvalue weighted by molar-refractivity contribution is 6.01. The first-order valence-electron chi connectivity index (χ1n) is 7.87. The van der Waals surface area contributed by atoms with Gasteiger partial charge in [-0.25, -0.2) is 4.79 Å². The van der Waals surface area contributed by atoms with E-state index in [1.165, 1.54) is 0 Å². The number of aliphatic hydroxyl groups is 1. The lowest BCUT2D eigenvalue weighted by Gasteiger charge is -2.38. The summed E-state index contributed by atoms with van der Waals surface area (Å²) in [5.74, 6) is 0.331. The number of carbonyl (C=O) groups excluding carboxylic acids is 1. The highest BCUT2D eigenvalue weighted by Gasteiger charge is 2.31. The second-order valence-corrected chi connectivity index (χ2v) is 6.02. The van der Waals surface area contributed by atoms with Gasteiger partial charge in [0.1, 0.15) is 0 Å². The van der Waals surface area contributed by atoms with Gasteiger partial charge >= 0.3 is 6.03 Å². The maximum absolute atomic E-state index is 12.6. The first kappa shape index (κ1) is 14.9. The number of piperidine rings is 1. The second kappa shape index (κ2) is 6.36. The average Bonchev–Trinajstić information content (AvgIpc) is 2.55. The number of hydrogen-bond donors (Lipinski definition) is 2. The number of hydrogen-bond acceptors (Lipinski definition) is 2. The van der Waals surface area contributed by atoms with Crippen LogP contribution in [-0.2, 0) is 0 Å². The first-order chi connectivity index (χ1) is 10.7. The SMILES string of the molecule is CC1CCCN(C(=O)Nc2cccc3ccccc23)C1CO. The molecule has 2 unspecified atom stereocenters. The molecule has 116 valence electrons. The van der Waals surface area contributed by atoms with Crippen LogP contribution in [0.25, 0.3) is 10.8 Å². The number of nitrogens with zero attached hydrogens (tertiary/aromatic N) is 1. The number of rotatable bonds is 2. The van der Waals surface area contributed by atoms with Crippen molar-refractivity contribution in [3.63, 3.8) is 0 Å². The lowest BCUT2D eigenvalue weighted by atomic mass is 9.91. The molecule has 0 saturated carbocycles. The number of benzene rings is 2. The summed E-state index contributed by atoms with van der Waals surface area (Å²) in [6.07, 6.45) is 2.05. The average molecular weight is 298 g/mol. The Bertz CT molecular complexity index is 666. The van der Waals surface area contributed by atoms with Crippen molar-refractivity contribution in [2.24, 2.45) is 5.92 Å². The minimum atomic E-state index is -0.123. The topological polar surface area (TPSA) is 52.6 Å². The lowest BCUT2D eigenvalue weighted by Crippen LogP contribution is -2.51. The van der Waals surface area contributed by atoms with Crippen LogP contribution in [0.4, 0.5) is 10.5 Å². The Morgan fingerprint density at radius 3 is 2.86 bits per heavy atom. The fourth-order valence-electron chi connectivity index (χ4n) is 3.30. The molecule has 0 spiro atoms. The lowest BCUT2D eigenvalue weighted by molar-refractivity contribution is 0.0811. The van der Waals surface area contributed by atoms with E-state index in [1.807, 2.05) is 42.5 Å². The standard InChI is InChI=1S/C18H22N2O2/c1-13-6-5-11-20(17(13)12-21)18(22)19-16-10-4-8-14-7-2-3-9-15(14)16/h2-4,7-10,13,17,21H,5-6,11-12H2,1H3,(H,19,22). The largest absolute Gasteiger partial charge is 0.394 e. The van der Waals surface area contributed by atoms with Crippen LogP contribution >= 0.6 is 0 Å². The number of fused-ring (bicyclic) bond motifs is 1. The van der Waals surface area contributed by atoms with E-state index in [0.29, 0.717) is 12.5 Å². The Morgan fingerprint density at radius 2 is 2.05 bits per heavy atom. The Hall–Kier alpha value is -2.07. The van der Waals surface area contributed by atoms with Crippen LogP contribution < -0.4 is 5.32 Å². The molecule has 2 aromatic carbocycles. The molecule has 4 nitrogen and oxygen atoms in total. The van der Waals surface area contributed by atoms with Crippen molar-refractivity contribution in [2.75, 3.05) is 18.5 Å². The number of anilines is 1. The summed E-state index contributed by atoms with van der Waals surface area (Å²) < 4.78 is 0. The van der Waals surface area contributed by atoms with Crippen LogP contribution in [0.15, 0.2) is 42.5 Å². The van der Waals surface area contributed by atoms with E-state index in [1.54, 1.807) is 4.90 Å². The van der Waals surface area contributed by atoms with Crippen LogP contribution in [0.3, 0.4) is 0 Å². The van der Waals surface area contributed by atoms with Gasteiger partial charge in [-0.15, -0.1) is 0 Å². The van der Waals surface area contributed by atoms with Crippen LogP contribution in [0.5, 0.6) is 0 Å². The van der Waals surface area contributed by atoms with Crippen LogP contribution in [0.2, 0.25) is 0 Å². The number of aliphatic hydroxyl groups excluding tert-OH is 1. The third kappa shape index (κ3) is 2.79. The quantitative estimate of drug-likeness (QED) is 0.892. The molecular formula is C18H22N2O2. The maximum atomic E-state index is 12.6. The van der Waals surface area contributed by atoms with Crippen LogP contribution in [0.1, 0.15) is 19.8 Å². The Labute approximate surface area is 130 Å². The van der Waals surface area contributed by atoms with Crippen LogP contribution in [0, 0.1) is 5.92 Å². The van der Waals surface area contributed by atoms with Crippen molar-refractivity contribution < 1.29 is 9.90 Å². The van der Waals surface area contributed by atoms with E-state index >= 15 is 0 Å². The van der Waals surface area contributed by atoms with Gasteiger partial charge in [-0.2, -0.15) is 0 Å². The van der Waals surface area contributed by atoms with Gasteiger partial charge in [0, 0.05) is 11.9 Å². The van der Waals surface area contributed by atoms with Crippen LogP contribution in [-0.4, -0.2) is 35.2 Å². The molecule has 2 N–H and O–H groups in total. The van der Waals surface area contributed by atoms with Crippen molar-refractivity contribution in [3.05, 3.63) is 42.5 Å². The van der Waals surface area contributed by atoms with Gasteiger partial charge in [0.05, 0.1) is 18.3 Å². The maximum Gasteiger partial charge on any atom is 0.322 e. The molecule has 1 aliphatic heterocycles. The molecule has 1 heterocycles. The molecule has 1 fully saturated rings. The van der Waals surface area contributed by atoms with Crippen molar-refractivity contribution in [1.29, 1.82) is 0 Å². The minimum absolute atomic E-state index is 0.0180. The zero-order chi connectivity index (χ0) is 15.5. The smallest absolute Gasteiger partial charge is 0.322 e. The van der Waals surface area contributed by atoms with Gasteiger partial charge in [-0.05, 0) is 30.2 Å².